The van der Waals surface area contributed by atoms with Crippen LogP contribution in [0.2, 0.25) is 25.1 Å². The van der Waals surface area contributed by atoms with Gasteiger partial charge >= 0.3 is 5.97 Å². The molecule has 0 saturated heterocycles. The van der Waals surface area contributed by atoms with Gasteiger partial charge in [0, 0.05) is 10.7 Å². The standard InChI is InChI=1S/C22H17Cl5N2O5/c1-8(2)19(22(33)34-7-12(30)28-10-5-4-9(3)11(23)6-10)29-20(31)13-14(21(29)32)16(25)18(27)17(26)15(13)24/h4-6,8,19H,7H2,1-3H3,(H,28,30)/t19-/m0/s1. The maximum absolute atomic E-state index is 13.1. The summed E-state index contributed by atoms with van der Waals surface area (Å²) in [6.45, 7) is 4.36. The first-order valence-corrected chi connectivity index (χ1v) is 11.7. The van der Waals surface area contributed by atoms with E-state index < -0.39 is 42.3 Å². The predicted octanol–water partition coefficient (Wildman–Crippen LogP) is 6.06. The van der Waals surface area contributed by atoms with Crippen LogP contribution in [0.5, 0.6) is 0 Å². The molecule has 0 fully saturated rings. The maximum Gasteiger partial charge on any atom is 0.330 e. The minimum atomic E-state index is -1.36. The first kappa shape index (κ1) is 26.6. The Morgan fingerprint density at radius 1 is 0.941 bits per heavy atom. The highest BCUT2D eigenvalue weighted by Gasteiger charge is 2.48. The molecule has 0 spiro atoms. The number of hydrogen-bond donors (Lipinski definition) is 1. The lowest BCUT2D eigenvalue weighted by Crippen LogP contribution is -2.49. The molecule has 7 nitrogen and oxygen atoms in total. The van der Waals surface area contributed by atoms with Gasteiger partial charge in [-0.15, -0.1) is 0 Å². The van der Waals surface area contributed by atoms with Crippen LogP contribution in [-0.4, -0.2) is 41.2 Å². The van der Waals surface area contributed by atoms with E-state index in [0.29, 0.717) is 15.6 Å². The summed E-state index contributed by atoms with van der Waals surface area (Å²) in [5.74, 6) is -3.93. The highest BCUT2D eigenvalue weighted by Crippen LogP contribution is 2.45. The van der Waals surface area contributed by atoms with Crippen molar-refractivity contribution in [1.82, 2.24) is 4.90 Å². The van der Waals surface area contributed by atoms with E-state index in [2.05, 4.69) is 5.32 Å². The highest BCUT2D eigenvalue weighted by atomic mass is 35.5. The highest BCUT2D eigenvalue weighted by molar-refractivity contribution is 6.55. The van der Waals surface area contributed by atoms with Crippen molar-refractivity contribution in [2.45, 2.75) is 26.8 Å². The van der Waals surface area contributed by atoms with E-state index >= 15 is 0 Å². The van der Waals surface area contributed by atoms with Gasteiger partial charge in [-0.3, -0.25) is 19.3 Å². The van der Waals surface area contributed by atoms with Crippen molar-refractivity contribution in [3.63, 3.8) is 0 Å². The topological polar surface area (TPSA) is 92.8 Å². The van der Waals surface area contributed by atoms with E-state index in [1.807, 2.05) is 6.92 Å². The maximum atomic E-state index is 13.1. The first-order valence-electron chi connectivity index (χ1n) is 9.83. The molecule has 12 heteroatoms. The number of fused-ring (bicyclic) bond motifs is 1. The predicted molar refractivity (Wildman–Crippen MR) is 131 cm³/mol. The zero-order chi connectivity index (χ0) is 25.5. The molecule has 0 unspecified atom stereocenters. The number of rotatable bonds is 6. The number of aryl methyl sites for hydroxylation is 1. The molecule has 0 radical (unpaired) electrons. The Morgan fingerprint density at radius 2 is 1.47 bits per heavy atom. The molecular weight excluding hydrogens is 550 g/mol. The number of nitrogens with zero attached hydrogens (tertiary/aromatic N) is 1. The van der Waals surface area contributed by atoms with Crippen molar-refractivity contribution in [3.05, 3.63) is 60.0 Å². The number of esters is 1. The Morgan fingerprint density at radius 3 is 1.94 bits per heavy atom. The fourth-order valence-electron chi connectivity index (χ4n) is 3.38. The van der Waals surface area contributed by atoms with Crippen LogP contribution in [0, 0.1) is 12.8 Å². The molecule has 2 aromatic rings. The fourth-order valence-corrected chi connectivity index (χ4v) is 4.58. The molecule has 0 bridgehead atoms. The van der Waals surface area contributed by atoms with Gasteiger partial charge < -0.3 is 10.1 Å². The van der Waals surface area contributed by atoms with Crippen LogP contribution >= 0.6 is 58.0 Å². The largest absolute Gasteiger partial charge is 0.454 e. The van der Waals surface area contributed by atoms with Crippen molar-refractivity contribution in [2.75, 3.05) is 11.9 Å². The third-order valence-corrected chi connectivity index (χ3v) is 7.29. The van der Waals surface area contributed by atoms with Crippen molar-refractivity contribution in [3.8, 4) is 0 Å². The molecule has 1 heterocycles. The molecule has 3 amide bonds. The minimum absolute atomic E-state index is 0.188. The molecule has 34 heavy (non-hydrogen) atoms. The van der Waals surface area contributed by atoms with Crippen molar-refractivity contribution >= 4 is 87.4 Å². The van der Waals surface area contributed by atoms with Crippen LogP contribution < -0.4 is 5.32 Å². The zero-order valence-corrected chi connectivity index (χ0v) is 21.8. The van der Waals surface area contributed by atoms with Gasteiger partial charge in [-0.25, -0.2) is 4.79 Å². The second kappa shape index (κ2) is 10.3. The number of halogens is 5. The smallest absolute Gasteiger partial charge is 0.330 e. The summed E-state index contributed by atoms with van der Waals surface area (Å²) in [7, 11) is 0. The lowest BCUT2D eigenvalue weighted by molar-refractivity contribution is -0.152. The average Bonchev–Trinajstić information content (AvgIpc) is 3.02. The van der Waals surface area contributed by atoms with Gasteiger partial charge in [0.1, 0.15) is 6.04 Å². The molecule has 2 aromatic carbocycles. The van der Waals surface area contributed by atoms with Crippen molar-refractivity contribution < 1.29 is 23.9 Å². The van der Waals surface area contributed by atoms with Crippen molar-refractivity contribution in [2.24, 2.45) is 5.92 Å². The number of anilines is 1. The number of hydrogen-bond acceptors (Lipinski definition) is 5. The molecule has 1 aliphatic heterocycles. The molecule has 180 valence electrons. The summed E-state index contributed by atoms with van der Waals surface area (Å²) in [5, 5.41) is 2.13. The van der Waals surface area contributed by atoms with Crippen LogP contribution in [0.4, 0.5) is 5.69 Å². The second-order valence-electron chi connectivity index (χ2n) is 7.79. The van der Waals surface area contributed by atoms with E-state index in [4.69, 9.17) is 62.7 Å². The number of carbonyl (C=O) groups is 4. The molecule has 0 aliphatic carbocycles. The van der Waals surface area contributed by atoms with Crippen LogP contribution in [0.15, 0.2) is 18.2 Å². The van der Waals surface area contributed by atoms with E-state index in [0.717, 1.165) is 5.56 Å². The molecule has 1 atom stereocenters. The summed E-state index contributed by atoms with van der Waals surface area (Å²) in [5.41, 5.74) is 0.738. The van der Waals surface area contributed by atoms with Gasteiger partial charge in [-0.1, -0.05) is 77.9 Å². The lowest BCUT2D eigenvalue weighted by Gasteiger charge is -2.27. The summed E-state index contributed by atoms with van der Waals surface area (Å²) < 4.78 is 5.12. The third kappa shape index (κ3) is 4.86. The zero-order valence-electron chi connectivity index (χ0n) is 18.0. The second-order valence-corrected chi connectivity index (χ2v) is 9.71. The number of carbonyl (C=O) groups excluding carboxylic acids is 4. The number of amides is 3. The van der Waals surface area contributed by atoms with E-state index in [1.165, 1.54) is 0 Å². The van der Waals surface area contributed by atoms with Crippen molar-refractivity contribution in [1.29, 1.82) is 0 Å². The van der Waals surface area contributed by atoms with Gasteiger partial charge in [0.15, 0.2) is 6.61 Å². The number of benzene rings is 2. The SMILES string of the molecule is Cc1ccc(NC(=O)COC(=O)[C@H](C(C)C)N2C(=O)c3c(Cl)c(Cl)c(Cl)c(Cl)c3C2=O)cc1Cl. The summed E-state index contributed by atoms with van der Waals surface area (Å²) in [4.78, 5) is 52.0. The van der Waals surface area contributed by atoms with Gasteiger partial charge in [-0.05, 0) is 30.5 Å². The summed E-state index contributed by atoms with van der Waals surface area (Å²) in [6.07, 6.45) is 0. The molecule has 3 rings (SSSR count). The van der Waals surface area contributed by atoms with Gasteiger partial charge in [0.2, 0.25) is 0 Å². The Kier molecular flexibility index (Phi) is 8.05. The summed E-state index contributed by atoms with van der Waals surface area (Å²) in [6, 6.07) is 3.55. The number of imide groups is 1. The van der Waals surface area contributed by atoms with Gasteiger partial charge in [0.05, 0.1) is 31.2 Å². The van der Waals surface area contributed by atoms with E-state index in [1.54, 1.807) is 32.0 Å². The molecule has 0 aromatic heterocycles. The van der Waals surface area contributed by atoms with E-state index in [-0.39, 0.29) is 31.2 Å². The Bertz CT molecular complexity index is 1180. The number of nitrogens with one attached hydrogen (secondary N) is 1. The van der Waals surface area contributed by atoms with E-state index in [9.17, 15) is 19.2 Å². The summed E-state index contributed by atoms with van der Waals surface area (Å²) >= 11 is 30.4. The monoisotopic (exact) mass is 564 g/mol. The quantitative estimate of drug-likeness (QED) is 0.199. The lowest BCUT2D eigenvalue weighted by atomic mass is 10.0. The first-order chi connectivity index (χ1) is 15.9. The Hall–Kier alpha value is -2.03. The van der Waals surface area contributed by atoms with Crippen LogP contribution in [0.25, 0.3) is 0 Å². The molecule has 1 N–H and O–H groups in total. The Labute approximate surface area is 220 Å². The fraction of sp³-hybridized carbons (Fsp3) is 0.273. The van der Waals surface area contributed by atoms with Gasteiger partial charge in [-0.2, -0.15) is 0 Å². The van der Waals surface area contributed by atoms with Crippen LogP contribution in [-0.2, 0) is 14.3 Å². The molecular formula is C22H17Cl5N2O5. The molecule has 1 aliphatic rings. The normalized spacial score (nSPS) is 13.9. The number of ether oxygens (including phenoxy) is 1. The van der Waals surface area contributed by atoms with Gasteiger partial charge in [0.25, 0.3) is 17.7 Å². The minimum Gasteiger partial charge on any atom is -0.454 e. The molecule has 0 saturated carbocycles. The average molecular weight is 567 g/mol. The third-order valence-electron chi connectivity index (χ3n) is 5.08. The van der Waals surface area contributed by atoms with Crippen LogP contribution in [0.3, 0.4) is 0 Å². The Balaban J connectivity index is 1.80. The van der Waals surface area contributed by atoms with Crippen LogP contribution in [0.1, 0.15) is 40.1 Å².